The largest absolute Gasteiger partial charge is 0.412 e. The molecule has 3 heteroatoms. The Morgan fingerprint density at radius 1 is 1.33 bits per heavy atom. The summed E-state index contributed by atoms with van der Waals surface area (Å²) in [6.07, 6.45) is 4.24. The summed E-state index contributed by atoms with van der Waals surface area (Å²) in [5.74, 6) is -0.690. The van der Waals surface area contributed by atoms with Crippen molar-refractivity contribution in [1.82, 2.24) is 0 Å². The summed E-state index contributed by atoms with van der Waals surface area (Å²) in [4.78, 5) is 0. The second-order valence-corrected chi connectivity index (χ2v) is 2.76. The van der Waals surface area contributed by atoms with E-state index in [9.17, 15) is 5.11 Å². The van der Waals surface area contributed by atoms with Crippen LogP contribution >= 0.6 is 0 Å². The number of hydrogen-bond donors (Lipinski definition) is 1. The predicted molar refractivity (Wildman–Crippen MR) is 31.9 cm³/mol. The van der Waals surface area contributed by atoms with Crippen LogP contribution < -0.4 is 0 Å². The molecule has 2 heterocycles. The molecule has 0 aromatic rings. The van der Waals surface area contributed by atoms with Crippen LogP contribution in [0.1, 0.15) is 25.7 Å². The van der Waals surface area contributed by atoms with E-state index < -0.39 is 5.79 Å². The molecule has 2 bridgehead atoms. The lowest BCUT2D eigenvalue weighted by molar-refractivity contribution is -0.156. The fourth-order valence-electron chi connectivity index (χ4n) is 1.59. The Morgan fingerprint density at radius 3 is 2.00 bits per heavy atom. The molecule has 2 aliphatic rings. The van der Waals surface area contributed by atoms with Crippen LogP contribution in [0.3, 0.4) is 0 Å². The summed E-state index contributed by atoms with van der Waals surface area (Å²) < 4.78 is 5.22. The van der Waals surface area contributed by atoms with Gasteiger partial charge in [0.1, 0.15) is 0 Å². The highest BCUT2D eigenvalue weighted by atomic mass is 16.6. The molecule has 0 aliphatic carbocycles. The van der Waals surface area contributed by atoms with E-state index in [0.29, 0.717) is 6.10 Å². The first kappa shape index (κ1) is 6.99. The maximum Gasteiger partial charge on any atom is 0.165 e. The molecule has 2 rings (SSSR count). The lowest BCUT2D eigenvalue weighted by Crippen LogP contribution is -2.22. The third-order valence-corrected chi connectivity index (χ3v) is 2.10. The highest BCUT2D eigenvalue weighted by molar-refractivity contribution is 4.87. The molecule has 54 valence electrons. The van der Waals surface area contributed by atoms with E-state index in [-0.39, 0.29) is 5.48 Å². The molecule has 2 saturated heterocycles. The molecule has 0 amide bonds. The first-order chi connectivity index (χ1) is 3.79. The summed E-state index contributed by atoms with van der Waals surface area (Å²) in [5.41, 5.74) is 0. The molecule has 0 unspecified atom stereocenters. The van der Waals surface area contributed by atoms with Crippen LogP contribution in [-0.4, -0.2) is 22.5 Å². The van der Waals surface area contributed by atoms with E-state index in [1.54, 1.807) is 0 Å². The normalized spacial score (nSPS) is 47.0. The topological polar surface area (TPSA) is 61.0 Å². The molecular formula is C6H12O3. The van der Waals surface area contributed by atoms with Crippen molar-refractivity contribution in [2.45, 2.75) is 37.6 Å². The van der Waals surface area contributed by atoms with Gasteiger partial charge in [-0.1, -0.05) is 0 Å². The van der Waals surface area contributed by atoms with E-state index >= 15 is 0 Å². The van der Waals surface area contributed by atoms with E-state index in [2.05, 4.69) is 0 Å². The average Bonchev–Trinajstić information content (AvgIpc) is 2.21. The smallest absolute Gasteiger partial charge is 0.165 e. The van der Waals surface area contributed by atoms with Crippen LogP contribution in [0, 0.1) is 0 Å². The Morgan fingerprint density at radius 2 is 1.89 bits per heavy atom. The van der Waals surface area contributed by atoms with Crippen molar-refractivity contribution in [1.29, 1.82) is 0 Å². The van der Waals surface area contributed by atoms with E-state index in [4.69, 9.17) is 4.74 Å². The quantitative estimate of drug-likeness (QED) is 0.497. The Bertz CT molecular complexity index is 105. The maximum absolute atomic E-state index is 9.32. The predicted octanol–water partition coefficient (Wildman–Crippen LogP) is -0.177. The molecule has 0 aromatic heterocycles. The summed E-state index contributed by atoms with van der Waals surface area (Å²) in [6.45, 7) is 0. The molecule has 0 spiro atoms. The van der Waals surface area contributed by atoms with Crippen LogP contribution in [-0.2, 0) is 4.74 Å². The molecule has 0 radical (unpaired) electrons. The molecule has 0 saturated carbocycles. The summed E-state index contributed by atoms with van der Waals surface area (Å²) >= 11 is 0. The highest BCUT2D eigenvalue weighted by Crippen LogP contribution is 2.41. The number of aliphatic hydroxyl groups is 1. The molecule has 3 nitrogen and oxygen atoms in total. The maximum atomic E-state index is 9.32. The Kier molecular flexibility index (Phi) is 1.50. The SMILES string of the molecule is O.OC12CCC(CC1)O2. The van der Waals surface area contributed by atoms with Gasteiger partial charge in [-0.3, -0.25) is 0 Å². The van der Waals surface area contributed by atoms with Crippen LogP contribution in [0.4, 0.5) is 0 Å². The van der Waals surface area contributed by atoms with Gasteiger partial charge >= 0.3 is 0 Å². The zero-order chi connectivity index (χ0) is 5.61. The van der Waals surface area contributed by atoms with Crippen LogP contribution in [0.15, 0.2) is 0 Å². The van der Waals surface area contributed by atoms with Gasteiger partial charge < -0.3 is 15.3 Å². The van der Waals surface area contributed by atoms with Crippen molar-refractivity contribution in [2.75, 3.05) is 0 Å². The van der Waals surface area contributed by atoms with Gasteiger partial charge in [-0.25, -0.2) is 0 Å². The lowest BCUT2D eigenvalue weighted by Gasteiger charge is -2.14. The first-order valence-electron chi connectivity index (χ1n) is 3.19. The van der Waals surface area contributed by atoms with E-state index in [1.807, 2.05) is 0 Å². The summed E-state index contributed by atoms with van der Waals surface area (Å²) in [6, 6.07) is 0. The number of fused-ring (bicyclic) bond motifs is 2. The number of ether oxygens (including phenoxy) is 1. The molecule has 3 N–H and O–H groups in total. The number of rotatable bonds is 0. The first-order valence-corrected chi connectivity index (χ1v) is 3.19. The summed E-state index contributed by atoms with van der Waals surface area (Å²) in [7, 11) is 0. The Labute approximate surface area is 53.9 Å². The fourth-order valence-corrected chi connectivity index (χ4v) is 1.59. The Hall–Kier alpha value is -0.120. The molecular weight excluding hydrogens is 120 g/mol. The van der Waals surface area contributed by atoms with Gasteiger partial charge in [0.15, 0.2) is 5.79 Å². The van der Waals surface area contributed by atoms with Crippen molar-refractivity contribution in [2.24, 2.45) is 0 Å². The minimum Gasteiger partial charge on any atom is -0.412 e. The van der Waals surface area contributed by atoms with Gasteiger partial charge in [-0.15, -0.1) is 0 Å². The van der Waals surface area contributed by atoms with Crippen molar-refractivity contribution >= 4 is 0 Å². The summed E-state index contributed by atoms with van der Waals surface area (Å²) in [5, 5.41) is 9.32. The standard InChI is InChI=1S/C6H10O2.H2O/c7-6-3-1-5(8-6)2-4-6;/h5,7H,1-4H2;1H2. The van der Waals surface area contributed by atoms with Gasteiger partial charge in [0, 0.05) is 12.8 Å². The average molecular weight is 132 g/mol. The van der Waals surface area contributed by atoms with Gasteiger partial charge in [-0.2, -0.15) is 0 Å². The lowest BCUT2D eigenvalue weighted by atomic mass is 9.98. The highest BCUT2D eigenvalue weighted by Gasteiger charge is 2.44. The van der Waals surface area contributed by atoms with Crippen molar-refractivity contribution in [3.63, 3.8) is 0 Å². The third kappa shape index (κ3) is 0.956. The van der Waals surface area contributed by atoms with Crippen LogP contribution in [0.25, 0.3) is 0 Å². The second kappa shape index (κ2) is 1.94. The van der Waals surface area contributed by atoms with Crippen molar-refractivity contribution in [3.8, 4) is 0 Å². The zero-order valence-electron chi connectivity index (χ0n) is 5.26. The minimum absolute atomic E-state index is 0. The van der Waals surface area contributed by atoms with Gasteiger partial charge in [0.2, 0.25) is 0 Å². The van der Waals surface area contributed by atoms with Crippen molar-refractivity contribution < 1.29 is 15.3 Å². The molecule has 2 aliphatic heterocycles. The van der Waals surface area contributed by atoms with E-state index in [1.165, 1.54) is 0 Å². The third-order valence-electron chi connectivity index (χ3n) is 2.10. The van der Waals surface area contributed by atoms with Crippen LogP contribution in [0.2, 0.25) is 0 Å². The molecule has 9 heavy (non-hydrogen) atoms. The van der Waals surface area contributed by atoms with Gasteiger partial charge in [0.05, 0.1) is 6.10 Å². The Balaban J connectivity index is 0.000000405. The minimum atomic E-state index is -0.690. The molecule has 2 fully saturated rings. The van der Waals surface area contributed by atoms with Crippen LogP contribution in [0.5, 0.6) is 0 Å². The van der Waals surface area contributed by atoms with Crippen molar-refractivity contribution in [3.05, 3.63) is 0 Å². The number of hydrogen-bond acceptors (Lipinski definition) is 2. The monoisotopic (exact) mass is 132 g/mol. The zero-order valence-corrected chi connectivity index (χ0v) is 5.26. The fraction of sp³-hybridized carbons (Fsp3) is 1.00. The van der Waals surface area contributed by atoms with Gasteiger partial charge in [-0.05, 0) is 12.8 Å². The molecule has 0 atom stereocenters. The molecule has 0 aromatic carbocycles. The second-order valence-electron chi connectivity index (χ2n) is 2.76. The van der Waals surface area contributed by atoms with Gasteiger partial charge in [0.25, 0.3) is 0 Å². The van der Waals surface area contributed by atoms with E-state index in [0.717, 1.165) is 25.7 Å².